The standard InChI is InChI=1S/C21H17N3S/c1-14-10-11-19(21-22-13-16-6-3-4-9-18(16)24-21)23-20(14)15-7-5-8-17(12-15)25-2/h3-13H,1-2H3. The van der Waals surface area contributed by atoms with Crippen LogP contribution in [0.3, 0.4) is 0 Å². The molecule has 25 heavy (non-hydrogen) atoms. The Morgan fingerprint density at radius 2 is 1.76 bits per heavy atom. The van der Waals surface area contributed by atoms with Crippen LogP contribution in [0.1, 0.15) is 5.56 Å². The second kappa shape index (κ2) is 6.65. The van der Waals surface area contributed by atoms with Crippen molar-refractivity contribution >= 4 is 22.7 Å². The SMILES string of the molecule is CSc1cccc(-c2nc(-c3ncc4ccccc4n3)ccc2C)c1. The molecule has 0 radical (unpaired) electrons. The normalized spacial score (nSPS) is 11.0. The van der Waals surface area contributed by atoms with Crippen molar-refractivity contribution in [3.63, 3.8) is 0 Å². The Balaban J connectivity index is 1.83. The smallest absolute Gasteiger partial charge is 0.178 e. The van der Waals surface area contributed by atoms with E-state index in [-0.39, 0.29) is 0 Å². The zero-order valence-electron chi connectivity index (χ0n) is 14.1. The highest BCUT2D eigenvalue weighted by atomic mass is 32.2. The van der Waals surface area contributed by atoms with Crippen molar-refractivity contribution in [2.75, 3.05) is 6.26 Å². The van der Waals surface area contributed by atoms with Crippen LogP contribution in [-0.2, 0) is 0 Å². The van der Waals surface area contributed by atoms with Crippen LogP contribution < -0.4 is 0 Å². The summed E-state index contributed by atoms with van der Waals surface area (Å²) in [4.78, 5) is 15.3. The molecular weight excluding hydrogens is 326 g/mol. The van der Waals surface area contributed by atoms with Crippen LogP contribution in [0.25, 0.3) is 33.7 Å². The minimum atomic E-state index is 0.654. The van der Waals surface area contributed by atoms with Gasteiger partial charge in [0.05, 0.1) is 11.2 Å². The van der Waals surface area contributed by atoms with E-state index in [1.807, 2.05) is 36.5 Å². The monoisotopic (exact) mass is 343 g/mol. The Morgan fingerprint density at radius 3 is 2.64 bits per heavy atom. The Hall–Kier alpha value is -2.72. The van der Waals surface area contributed by atoms with Crippen molar-refractivity contribution < 1.29 is 0 Å². The molecule has 0 atom stereocenters. The lowest BCUT2D eigenvalue weighted by Gasteiger charge is -2.09. The van der Waals surface area contributed by atoms with Crippen LogP contribution in [0.4, 0.5) is 0 Å². The molecule has 122 valence electrons. The molecule has 4 aromatic rings. The van der Waals surface area contributed by atoms with Crippen LogP contribution >= 0.6 is 11.8 Å². The van der Waals surface area contributed by atoms with Gasteiger partial charge in [0.2, 0.25) is 0 Å². The molecule has 0 N–H and O–H groups in total. The Bertz CT molecular complexity index is 1060. The van der Waals surface area contributed by atoms with Crippen LogP contribution in [0.15, 0.2) is 71.8 Å². The lowest BCUT2D eigenvalue weighted by molar-refractivity contribution is 1.17. The fraction of sp³-hybridized carbons (Fsp3) is 0.0952. The summed E-state index contributed by atoms with van der Waals surface area (Å²) in [6.07, 6.45) is 3.94. The molecule has 0 amide bonds. The summed E-state index contributed by atoms with van der Waals surface area (Å²) < 4.78 is 0. The summed E-state index contributed by atoms with van der Waals surface area (Å²) in [6.45, 7) is 2.08. The van der Waals surface area contributed by atoms with Gasteiger partial charge in [0.25, 0.3) is 0 Å². The third-order valence-corrected chi connectivity index (χ3v) is 4.88. The molecule has 3 nitrogen and oxygen atoms in total. The number of thioether (sulfide) groups is 1. The van der Waals surface area contributed by atoms with Crippen LogP contribution in [0, 0.1) is 6.92 Å². The largest absolute Gasteiger partial charge is 0.244 e. The molecule has 2 aromatic carbocycles. The van der Waals surface area contributed by atoms with Crippen LogP contribution in [0.5, 0.6) is 0 Å². The van der Waals surface area contributed by atoms with Crippen molar-refractivity contribution in [3.8, 4) is 22.8 Å². The van der Waals surface area contributed by atoms with Gasteiger partial charge in [-0.1, -0.05) is 36.4 Å². The first kappa shape index (κ1) is 15.8. The molecule has 0 saturated heterocycles. The first-order valence-electron chi connectivity index (χ1n) is 8.09. The van der Waals surface area contributed by atoms with Crippen molar-refractivity contribution in [2.45, 2.75) is 11.8 Å². The lowest BCUT2D eigenvalue weighted by atomic mass is 10.1. The summed E-state index contributed by atoms with van der Waals surface area (Å²) in [6, 6.07) is 20.5. The van der Waals surface area contributed by atoms with E-state index in [1.54, 1.807) is 11.8 Å². The fourth-order valence-electron chi connectivity index (χ4n) is 2.81. The van der Waals surface area contributed by atoms with E-state index in [1.165, 1.54) is 4.90 Å². The van der Waals surface area contributed by atoms with E-state index in [0.29, 0.717) is 5.82 Å². The van der Waals surface area contributed by atoms with E-state index < -0.39 is 0 Å². The highest BCUT2D eigenvalue weighted by Crippen LogP contribution is 2.27. The van der Waals surface area contributed by atoms with Crippen LogP contribution in [-0.4, -0.2) is 21.2 Å². The number of aromatic nitrogens is 3. The van der Waals surface area contributed by atoms with Crippen molar-refractivity contribution in [2.24, 2.45) is 0 Å². The summed E-state index contributed by atoms with van der Waals surface area (Å²) >= 11 is 1.73. The van der Waals surface area contributed by atoms with Gasteiger partial charge in [-0.05, 0) is 43.0 Å². The maximum absolute atomic E-state index is 4.86. The summed E-state index contributed by atoms with van der Waals surface area (Å²) in [5, 5.41) is 1.03. The molecule has 0 aliphatic heterocycles. The number of fused-ring (bicyclic) bond motifs is 1. The van der Waals surface area contributed by atoms with Gasteiger partial charge in [-0.3, -0.25) is 0 Å². The molecule has 0 saturated carbocycles. The number of nitrogens with zero attached hydrogens (tertiary/aromatic N) is 3. The molecule has 0 fully saturated rings. The van der Waals surface area contributed by atoms with E-state index >= 15 is 0 Å². The molecule has 2 heterocycles. The number of hydrogen-bond acceptors (Lipinski definition) is 4. The molecule has 4 rings (SSSR count). The minimum absolute atomic E-state index is 0.654. The van der Waals surface area contributed by atoms with Crippen molar-refractivity contribution in [3.05, 3.63) is 72.4 Å². The van der Waals surface area contributed by atoms with Gasteiger partial charge < -0.3 is 0 Å². The zero-order chi connectivity index (χ0) is 17.2. The van der Waals surface area contributed by atoms with Gasteiger partial charge in [-0.2, -0.15) is 0 Å². The van der Waals surface area contributed by atoms with Gasteiger partial charge in [0.15, 0.2) is 5.82 Å². The number of hydrogen-bond donors (Lipinski definition) is 0. The number of benzene rings is 2. The predicted molar refractivity (Wildman–Crippen MR) is 105 cm³/mol. The fourth-order valence-corrected chi connectivity index (χ4v) is 3.27. The number of rotatable bonds is 3. The minimum Gasteiger partial charge on any atom is -0.244 e. The Labute approximate surface area is 151 Å². The average Bonchev–Trinajstić information content (AvgIpc) is 2.68. The van der Waals surface area contributed by atoms with E-state index in [2.05, 4.69) is 53.5 Å². The van der Waals surface area contributed by atoms with Gasteiger partial charge in [0, 0.05) is 22.0 Å². The second-order valence-corrected chi connectivity index (χ2v) is 6.73. The number of pyridine rings is 1. The maximum Gasteiger partial charge on any atom is 0.178 e. The first-order valence-corrected chi connectivity index (χ1v) is 9.31. The molecule has 0 aliphatic rings. The Kier molecular flexibility index (Phi) is 4.20. The molecule has 2 aromatic heterocycles. The van der Waals surface area contributed by atoms with E-state index in [4.69, 9.17) is 4.98 Å². The quantitative estimate of drug-likeness (QED) is 0.468. The molecule has 4 heteroatoms. The second-order valence-electron chi connectivity index (χ2n) is 5.85. The third-order valence-electron chi connectivity index (χ3n) is 4.16. The maximum atomic E-state index is 4.86. The molecular formula is C21H17N3S. The zero-order valence-corrected chi connectivity index (χ0v) is 14.9. The average molecular weight is 343 g/mol. The van der Waals surface area contributed by atoms with Gasteiger partial charge >= 0.3 is 0 Å². The summed E-state index contributed by atoms with van der Waals surface area (Å²) in [5.74, 6) is 0.654. The molecule has 0 aliphatic carbocycles. The van der Waals surface area contributed by atoms with E-state index in [0.717, 1.165) is 33.4 Å². The van der Waals surface area contributed by atoms with Gasteiger partial charge in [-0.25, -0.2) is 15.0 Å². The summed E-state index contributed by atoms with van der Waals surface area (Å²) in [5.41, 5.74) is 4.96. The predicted octanol–water partition coefficient (Wildman–Crippen LogP) is 5.39. The molecule has 0 spiro atoms. The van der Waals surface area contributed by atoms with E-state index in [9.17, 15) is 0 Å². The highest BCUT2D eigenvalue weighted by Gasteiger charge is 2.10. The molecule has 0 unspecified atom stereocenters. The third kappa shape index (κ3) is 3.13. The summed E-state index contributed by atoms with van der Waals surface area (Å²) in [7, 11) is 0. The molecule has 0 bridgehead atoms. The lowest BCUT2D eigenvalue weighted by Crippen LogP contribution is -1.96. The van der Waals surface area contributed by atoms with Crippen molar-refractivity contribution in [1.29, 1.82) is 0 Å². The van der Waals surface area contributed by atoms with Crippen molar-refractivity contribution in [1.82, 2.24) is 15.0 Å². The topological polar surface area (TPSA) is 38.7 Å². The highest BCUT2D eigenvalue weighted by molar-refractivity contribution is 7.98. The first-order chi connectivity index (χ1) is 12.2. The number of para-hydroxylation sites is 1. The van der Waals surface area contributed by atoms with Gasteiger partial charge in [0.1, 0.15) is 5.69 Å². The number of aryl methyl sites for hydroxylation is 1. The van der Waals surface area contributed by atoms with Gasteiger partial charge in [-0.15, -0.1) is 11.8 Å². The Morgan fingerprint density at radius 1 is 0.880 bits per heavy atom. The van der Waals surface area contributed by atoms with Crippen LogP contribution in [0.2, 0.25) is 0 Å².